The predicted octanol–water partition coefficient (Wildman–Crippen LogP) is 2.22. The minimum absolute atomic E-state index is 0.0801. The summed E-state index contributed by atoms with van der Waals surface area (Å²) in [5.41, 5.74) is 0.929. The molecule has 6 nitrogen and oxygen atoms in total. The van der Waals surface area contributed by atoms with E-state index in [9.17, 15) is 14.4 Å². The average molecular weight is 412 g/mol. The summed E-state index contributed by atoms with van der Waals surface area (Å²) in [5.74, 6) is -1.19. The molecule has 0 bridgehead atoms. The monoisotopic (exact) mass is 411 g/mol. The number of fused-ring (bicyclic) bond motifs is 2. The quantitative estimate of drug-likeness (QED) is 0.422. The number of amides is 1. The van der Waals surface area contributed by atoms with E-state index in [-0.39, 0.29) is 16.1 Å². The van der Waals surface area contributed by atoms with E-state index in [4.69, 9.17) is 9.47 Å². The van der Waals surface area contributed by atoms with Gasteiger partial charge in [-0.25, -0.2) is 9.59 Å². The highest BCUT2D eigenvalue weighted by Gasteiger charge is 2.63. The zero-order valence-electron chi connectivity index (χ0n) is 12.9. The van der Waals surface area contributed by atoms with Crippen LogP contribution in [0.15, 0.2) is 24.3 Å². The number of halogens is 1. The third-order valence-electron chi connectivity index (χ3n) is 4.47. The van der Waals surface area contributed by atoms with Crippen LogP contribution in [0, 0.1) is 0 Å². The molecule has 2 fully saturated rings. The molecule has 0 aromatic heterocycles. The Morgan fingerprint density at radius 3 is 2.79 bits per heavy atom. The van der Waals surface area contributed by atoms with Gasteiger partial charge >= 0.3 is 11.9 Å². The number of cyclic esters (lactones) is 1. The van der Waals surface area contributed by atoms with Gasteiger partial charge in [0, 0.05) is 10.3 Å². The minimum Gasteiger partial charge on any atom is -0.419 e. The van der Waals surface area contributed by atoms with Gasteiger partial charge in [0.05, 0.1) is 5.56 Å². The lowest BCUT2D eigenvalue weighted by molar-refractivity contribution is -0.179. The molecule has 0 spiro atoms. The van der Waals surface area contributed by atoms with Crippen LogP contribution in [0.1, 0.15) is 36.1 Å². The van der Waals surface area contributed by atoms with Gasteiger partial charge in [-0.2, -0.15) is 0 Å². The Balaban J connectivity index is 1.57. The lowest BCUT2D eigenvalue weighted by atomic mass is 9.98. The van der Waals surface area contributed by atoms with Crippen LogP contribution >= 0.6 is 27.7 Å². The fraction of sp³-hybridized carbons (Fsp3) is 0.438. The number of ether oxygens (including phenoxy) is 2. The molecule has 3 heterocycles. The number of hydrogen-bond acceptors (Lipinski definition) is 6. The second kappa shape index (κ2) is 5.23. The van der Waals surface area contributed by atoms with Crippen LogP contribution < -0.4 is 0 Å². The van der Waals surface area contributed by atoms with Gasteiger partial charge < -0.3 is 14.4 Å². The lowest BCUT2D eigenvalue weighted by Gasteiger charge is -2.41. The molecule has 4 rings (SSSR count). The van der Waals surface area contributed by atoms with Crippen molar-refractivity contribution in [2.75, 3.05) is 0 Å². The number of alkyl halides is 1. The van der Waals surface area contributed by atoms with Crippen molar-refractivity contribution < 1.29 is 23.9 Å². The maximum atomic E-state index is 12.7. The first-order valence-electron chi connectivity index (χ1n) is 7.46. The molecule has 0 radical (unpaired) electrons. The van der Waals surface area contributed by atoms with Crippen LogP contribution in [0.5, 0.6) is 0 Å². The maximum absolute atomic E-state index is 12.7. The summed E-state index contributed by atoms with van der Waals surface area (Å²) >= 11 is 4.90. The van der Waals surface area contributed by atoms with E-state index in [0.29, 0.717) is 11.1 Å². The van der Waals surface area contributed by atoms with Crippen LogP contribution in [0.2, 0.25) is 0 Å². The highest BCUT2D eigenvalue weighted by atomic mass is 79.9. The highest BCUT2D eigenvalue weighted by molar-refractivity contribution is 9.10. The number of rotatable bonds is 2. The fourth-order valence-corrected chi connectivity index (χ4v) is 5.67. The van der Waals surface area contributed by atoms with Crippen molar-refractivity contribution in [2.24, 2.45) is 0 Å². The Labute approximate surface area is 151 Å². The molecule has 4 atom stereocenters. The molecular formula is C16H14BrNO5S. The van der Waals surface area contributed by atoms with E-state index >= 15 is 0 Å². The zero-order chi connectivity index (χ0) is 17.2. The van der Waals surface area contributed by atoms with E-state index < -0.39 is 29.0 Å². The molecule has 3 aliphatic heterocycles. The van der Waals surface area contributed by atoms with E-state index in [1.54, 1.807) is 40.9 Å². The molecule has 1 amide bonds. The summed E-state index contributed by atoms with van der Waals surface area (Å²) in [6.07, 6.45) is -1.06. The molecule has 24 heavy (non-hydrogen) atoms. The van der Waals surface area contributed by atoms with Crippen LogP contribution in [0.3, 0.4) is 0 Å². The number of carbonyl (C=O) groups excluding carboxylic acids is 3. The number of benzene rings is 1. The van der Waals surface area contributed by atoms with Crippen molar-refractivity contribution in [1.82, 2.24) is 4.90 Å². The molecule has 1 aromatic rings. The predicted molar refractivity (Wildman–Crippen MR) is 89.5 cm³/mol. The second-order valence-electron chi connectivity index (χ2n) is 6.42. The van der Waals surface area contributed by atoms with Crippen LogP contribution in [0.4, 0.5) is 0 Å². The number of hydrogen-bond donors (Lipinski definition) is 0. The molecule has 0 aliphatic carbocycles. The first-order chi connectivity index (χ1) is 11.3. The van der Waals surface area contributed by atoms with Crippen molar-refractivity contribution in [3.8, 4) is 0 Å². The molecule has 3 aliphatic rings. The molecule has 2 saturated heterocycles. The number of β-lactam (4-membered cyclic amide) rings is 1. The number of carbonyl (C=O) groups is 3. The summed E-state index contributed by atoms with van der Waals surface area (Å²) in [7, 11) is 0. The third kappa shape index (κ3) is 2.12. The molecule has 8 heteroatoms. The Bertz CT molecular complexity index is 767. The minimum atomic E-state index is -1.06. The standard InChI is InChI=1S/C16H14BrNO5S/c1-16(2)10(18-11(19)9(17)12(18)24-16)14(21)23-15-8-6-4-3-5-7(8)13(20)22-15/h3-6,9-10,12,15H,1-2H3/t9-,10+,12-,15?/m1/s1. The molecule has 0 N–H and O–H groups in total. The smallest absolute Gasteiger partial charge is 0.342 e. The topological polar surface area (TPSA) is 72.9 Å². The van der Waals surface area contributed by atoms with Gasteiger partial charge in [0.1, 0.15) is 16.2 Å². The van der Waals surface area contributed by atoms with Gasteiger partial charge in [0.2, 0.25) is 5.91 Å². The number of thioether (sulfide) groups is 1. The van der Waals surface area contributed by atoms with Crippen molar-refractivity contribution >= 4 is 45.5 Å². The van der Waals surface area contributed by atoms with E-state index in [1.807, 2.05) is 13.8 Å². The first-order valence-corrected chi connectivity index (χ1v) is 9.25. The molecule has 1 unspecified atom stereocenters. The van der Waals surface area contributed by atoms with E-state index in [2.05, 4.69) is 15.9 Å². The Morgan fingerprint density at radius 2 is 2.04 bits per heavy atom. The molecular weight excluding hydrogens is 398 g/mol. The zero-order valence-corrected chi connectivity index (χ0v) is 15.3. The van der Waals surface area contributed by atoms with Crippen molar-refractivity contribution in [2.45, 2.75) is 41.1 Å². The lowest BCUT2D eigenvalue weighted by Crippen LogP contribution is -2.63. The highest BCUT2D eigenvalue weighted by Crippen LogP contribution is 2.53. The van der Waals surface area contributed by atoms with Gasteiger partial charge in [-0.15, -0.1) is 11.8 Å². The summed E-state index contributed by atoms with van der Waals surface area (Å²) in [5, 5.41) is -0.0801. The second-order valence-corrected chi connectivity index (χ2v) is 9.18. The third-order valence-corrected chi connectivity index (χ3v) is 7.29. The Hall–Kier alpha value is -1.54. The van der Waals surface area contributed by atoms with Crippen LogP contribution in [-0.2, 0) is 19.1 Å². The van der Waals surface area contributed by atoms with Gasteiger partial charge in [-0.1, -0.05) is 34.1 Å². The SMILES string of the molecule is CC1(C)S[C@@H]2[C@H](Br)C(=O)N2[C@H]1C(=O)OC1OC(=O)c2ccccc21. The number of nitrogens with zero attached hydrogens (tertiary/aromatic N) is 1. The largest absolute Gasteiger partial charge is 0.419 e. The fourth-order valence-electron chi connectivity index (χ4n) is 3.32. The average Bonchev–Trinajstić information content (AvgIpc) is 3.00. The van der Waals surface area contributed by atoms with Gasteiger partial charge in [0.25, 0.3) is 6.29 Å². The maximum Gasteiger partial charge on any atom is 0.342 e. The summed E-state index contributed by atoms with van der Waals surface area (Å²) in [4.78, 5) is 38.0. The van der Waals surface area contributed by atoms with Crippen molar-refractivity contribution in [3.63, 3.8) is 0 Å². The Kier molecular flexibility index (Phi) is 3.47. The van der Waals surface area contributed by atoms with Gasteiger partial charge in [0.15, 0.2) is 0 Å². The summed E-state index contributed by atoms with van der Waals surface area (Å²) < 4.78 is 10.1. The van der Waals surface area contributed by atoms with E-state index in [1.165, 1.54) is 0 Å². The summed E-state index contributed by atoms with van der Waals surface area (Å²) in [6.45, 7) is 3.81. The van der Waals surface area contributed by atoms with Gasteiger partial charge in [-0.3, -0.25) is 4.79 Å². The number of esters is 2. The van der Waals surface area contributed by atoms with Crippen molar-refractivity contribution in [1.29, 1.82) is 0 Å². The Morgan fingerprint density at radius 1 is 1.33 bits per heavy atom. The molecule has 1 aromatic carbocycles. The van der Waals surface area contributed by atoms with Crippen LogP contribution in [-0.4, -0.2) is 43.7 Å². The van der Waals surface area contributed by atoms with Crippen molar-refractivity contribution in [3.05, 3.63) is 35.4 Å². The normalized spacial score (nSPS) is 32.7. The van der Waals surface area contributed by atoms with E-state index in [0.717, 1.165) is 0 Å². The van der Waals surface area contributed by atoms with Crippen LogP contribution in [0.25, 0.3) is 0 Å². The first kappa shape index (κ1) is 16.0. The molecule has 0 saturated carbocycles. The van der Waals surface area contributed by atoms with Gasteiger partial charge in [-0.05, 0) is 19.9 Å². The molecule has 126 valence electrons. The summed E-state index contributed by atoms with van der Waals surface area (Å²) in [6, 6.07) is 6.09.